The summed E-state index contributed by atoms with van der Waals surface area (Å²) in [4.78, 5) is 0. The van der Waals surface area contributed by atoms with E-state index in [1.165, 1.54) is 0 Å². The zero-order chi connectivity index (χ0) is 9.60. The van der Waals surface area contributed by atoms with Crippen LogP contribution in [0.4, 0.5) is 0 Å². The molecule has 1 aromatic rings. The first-order valence-corrected chi connectivity index (χ1v) is 5.57. The van der Waals surface area contributed by atoms with Crippen LogP contribution >= 0.6 is 15.9 Å². The molecule has 76 valence electrons. The van der Waals surface area contributed by atoms with Gasteiger partial charge < -0.3 is 9.47 Å². The van der Waals surface area contributed by atoms with Crippen LogP contribution in [0, 0.1) is 0 Å². The van der Waals surface area contributed by atoms with Crippen LogP contribution in [0.3, 0.4) is 0 Å². The van der Waals surface area contributed by atoms with Gasteiger partial charge in [-0.25, -0.2) is 0 Å². The number of hydrogen-bond donors (Lipinski definition) is 0. The summed E-state index contributed by atoms with van der Waals surface area (Å²) in [5, 5.41) is 4.27. The maximum absolute atomic E-state index is 5.65. The lowest BCUT2D eigenvalue weighted by atomic mass is 9.85. The van der Waals surface area contributed by atoms with Gasteiger partial charge in [-0.05, 0) is 22.4 Å². The summed E-state index contributed by atoms with van der Waals surface area (Å²) in [6.45, 7) is 1.41. The van der Waals surface area contributed by atoms with Gasteiger partial charge in [0.05, 0.1) is 23.9 Å². The normalized spacial score (nSPS) is 29.4. The quantitative estimate of drug-likeness (QED) is 0.770. The van der Waals surface area contributed by atoms with Crippen molar-refractivity contribution in [3.63, 3.8) is 0 Å². The number of aromatic nitrogens is 2. The Bertz CT molecular complexity index is 346. The Hall–Kier alpha value is -0.390. The standard InChI is InChI=1S/C9H11BrN2O2/c10-7-5-11-12(6-7)8-1-2-9(8)13-3-4-14-9/h5-6,8H,1-4H2. The van der Waals surface area contributed by atoms with Crippen LogP contribution in [-0.2, 0) is 9.47 Å². The second-order valence-electron chi connectivity index (χ2n) is 3.70. The summed E-state index contributed by atoms with van der Waals surface area (Å²) in [5.41, 5.74) is 0. The van der Waals surface area contributed by atoms with Gasteiger partial charge in [0.25, 0.3) is 0 Å². The molecule has 2 heterocycles. The Morgan fingerprint density at radius 2 is 2.29 bits per heavy atom. The highest BCUT2D eigenvalue weighted by molar-refractivity contribution is 9.10. The minimum absolute atomic E-state index is 0.247. The predicted molar refractivity (Wildman–Crippen MR) is 52.8 cm³/mol. The molecule has 14 heavy (non-hydrogen) atoms. The first kappa shape index (κ1) is 8.88. The Labute approximate surface area is 90.3 Å². The van der Waals surface area contributed by atoms with Crippen LogP contribution in [-0.4, -0.2) is 28.8 Å². The van der Waals surface area contributed by atoms with Gasteiger partial charge >= 0.3 is 0 Å². The molecule has 2 aliphatic rings. The molecular weight excluding hydrogens is 248 g/mol. The van der Waals surface area contributed by atoms with Crippen LogP contribution in [0.5, 0.6) is 0 Å². The van der Waals surface area contributed by atoms with E-state index >= 15 is 0 Å². The van der Waals surface area contributed by atoms with E-state index in [-0.39, 0.29) is 11.8 Å². The minimum Gasteiger partial charge on any atom is -0.345 e. The molecule has 0 aromatic carbocycles. The summed E-state index contributed by atoms with van der Waals surface area (Å²) >= 11 is 3.39. The molecule has 0 N–H and O–H groups in total. The molecule has 1 saturated carbocycles. The van der Waals surface area contributed by atoms with Crippen LogP contribution in [0.1, 0.15) is 18.9 Å². The van der Waals surface area contributed by atoms with Crippen molar-refractivity contribution >= 4 is 15.9 Å². The molecule has 1 aliphatic carbocycles. The molecular formula is C9H11BrN2O2. The fourth-order valence-corrected chi connectivity index (χ4v) is 2.44. The summed E-state index contributed by atoms with van der Waals surface area (Å²) in [5.74, 6) is -0.370. The van der Waals surface area contributed by atoms with Crippen molar-refractivity contribution in [2.45, 2.75) is 24.7 Å². The molecule has 1 spiro atoms. The Morgan fingerprint density at radius 3 is 2.79 bits per heavy atom. The molecule has 0 radical (unpaired) electrons. The first-order chi connectivity index (χ1) is 6.80. The molecule has 1 atom stereocenters. The molecule has 0 amide bonds. The molecule has 3 rings (SSSR count). The van der Waals surface area contributed by atoms with E-state index in [1.807, 2.05) is 10.9 Å². The fourth-order valence-electron chi connectivity index (χ4n) is 2.14. The van der Waals surface area contributed by atoms with Crippen molar-refractivity contribution in [2.75, 3.05) is 13.2 Å². The molecule has 2 fully saturated rings. The third-order valence-electron chi connectivity index (χ3n) is 2.94. The van der Waals surface area contributed by atoms with Crippen molar-refractivity contribution in [1.29, 1.82) is 0 Å². The SMILES string of the molecule is Brc1cnn(C2CCC23OCCO3)c1. The average molecular weight is 259 g/mol. The van der Waals surface area contributed by atoms with Gasteiger partial charge in [-0.15, -0.1) is 0 Å². The zero-order valence-electron chi connectivity index (χ0n) is 7.65. The van der Waals surface area contributed by atoms with Gasteiger partial charge in [0.15, 0.2) is 5.79 Å². The van der Waals surface area contributed by atoms with Gasteiger partial charge in [0.1, 0.15) is 6.04 Å². The van der Waals surface area contributed by atoms with Gasteiger partial charge in [-0.1, -0.05) is 0 Å². The lowest BCUT2D eigenvalue weighted by molar-refractivity contribution is -0.242. The molecule has 1 unspecified atom stereocenters. The minimum atomic E-state index is -0.370. The number of nitrogens with zero attached hydrogens (tertiary/aromatic N) is 2. The molecule has 1 saturated heterocycles. The Kier molecular flexibility index (Phi) is 1.93. The van der Waals surface area contributed by atoms with Gasteiger partial charge in [0.2, 0.25) is 0 Å². The number of hydrogen-bond acceptors (Lipinski definition) is 3. The Balaban J connectivity index is 1.86. The van der Waals surface area contributed by atoms with E-state index in [1.54, 1.807) is 6.20 Å². The highest BCUT2D eigenvalue weighted by atomic mass is 79.9. The van der Waals surface area contributed by atoms with E-state index in [0.29, 0.717) is 13.2 Å². The van der Waals surface area contributed by atoms with E-state index < -0.39 is 0 Å². The van der Waals surface area contributed by atoms with Crippen LogP contribution < -0.4 is 0 Å². The van der Waals surface area contributed by atoms with Crippen molar-refractivity contribution in [3.8, 4) is 0 Å². The van der Waals surface area contributed by atoms with Crippen molar-refractivity contribution in [2.24, 2.45) is 0 Å². The van der Waals surface area contributed by atoms with Crippen LogP contribution in [0.2, 0.25) is 0 Å². The summed E-state index contributed by atoms with van der Waals surface area (Å²) in [6, 6.07) is 0.247. The fraction of sp³-hybridized carbons (Fsp3) is 0.667. The number of ether oxygens (including phenoxy) is 2. The molecule has 0 bridgehead atoms. The third kappa shape index (κ3) is 1.16. The topological polar surface area (TPSA) is 36.3 Å². The number of rotatable bonds is 1. The van der Waals surface area contributed by atoms with E-state index in [0.717, 1.165) is 17.3 Å². The molecule has 5 heteroatoms. The maximum Gasteiger partial charge on any atom is 0.191 e. The molecule has 1 aliphatic heterocycles. The van der Waals surface area contributed by atoms with Gasteiger partial charge in [-0.3, -0.25) is 4.68 Å². The second-order valence-corrected chi connectivity index (χ2v) is 4.62. The Morgan fingerprint density at radius 1 is 1.50 bits per heavy atom. The maximum atomic E-state index is 5.65. The molecule has 4 nitrogen and oxygen atoms in total. The smallest absolute Gasteiger partial charge is 0.191 e. The van der Waals surface area contributed by atoms with Gasteiger partial charge in [-0.2, -0.15) is 5.10 Å². The number of halogens is 1. The second kappa shape index (κ2) is 3.05. The van der Waals surface area contributed by atoms with E-state index in [4.69, 9.17) is 9.47 Å². The van der Waals surface area contributed by atoms with E-state index in [9.17, 15) is 0 Å². The predicted octanol–water partition coefficient (Wildman–Crippen LogP) is 1.72. The van der Waals surface area contributed by atoms with Crippen molar-refractivity contribution in [1.82, 2.24) is 9.78 Å². The summed E-state index contributed by atoms with van der Waals surface area (Å²) in [6.07, 6.45) is 5.82. The van der Waals surface area contributed by atoms with Gasteiger partial charge in [0, 0.05) is 12.6 Å². The third-order valence-corrected chi connectivity index (χ3v) is 3.35. The highest BCUT2D eigenvalue weighted by Crippen LogP contribution is 2.48. The monoisotopic (exact) mass is 258 g/mol. The van der Waals surface area contributed by atoms with Crippen molar-refractivity contribution in [3.05, 3.63) is 16.9 Å². The van der Waals surface area contributed by atoms with Crippen LogP contribution in [0.15, 0.2) is 16.9 Å². The molecule has 1 aromatic heterocycles. The zero-order valence-corrected chi connectivity index (χ0v) is 9.24. The van der Waals surface area contributed by atoms with Crippen LogP contribution in [0.25, 0.3) is 0 Å². The highest BCUT2D eigenvalue weighted by Gasteiger charge is 2.53. The van der Waals surface area contributed by atoms with Crippen molar-refractivity contribution < 1.29 is 9.47 Å². The first-order valence-electron chi connectivity index (χ1n) is 4.78. The lowest BCUT2D eigenvalue weighted by Crippen LogP contribution is -2.49. The summed E-state index contributed by atoms with van der Waals surface area (Å²) < 4.78 is 14.2. The van der Waals surface area contributed by atoms with E-state index in [2.05, 4.69) is 21.0 Å². The lowest BCUT2D eigenvalue weighted by Gasteiger charge is -2.44. The largest absolute Gasteiger partial charge is 0.345 e. The summed E-state index contributed by atoms with van der Waals surface area (Å²) in [7, 11) is 0. The average Bonchev–Trinajstić information content (AvgIpc) is 2.73.